The summed E-state index contributed by atoms with van der Waals surface area (Å²) in [7, 11) is 0. The molecule has 0 aliphatic carbocycles. The summed E-state index contributed by atoms with van der Waals surface area (Å²) in [4.78, 5) is 9.92. The van der Waals surface area contributed by atoms with E-state index in [1.807, 2.05) is 0 Å². The van der Waals surface area contributed by atoms with Crippen LogP contribution in [0, 0.1) is 5.41 Å². The maximum Gasteiger partial charge on any atom is 0.411 e. The molecule has 9 heavy (non-hydrogen) atoms. The maximum atomic E-state index is 9.92. The van der Waals surface area contributed by atoms with Crippen LogP contribution in [-0.4, -0.2) is 18.0 Å². The van der Waals surface area contributed by atoms with Gasteiger partial charge in [-0.2, -0.15) is 0 Å². The Kier molecular flexibility index (Phi) is 2.66. The van der Waals surface area contributed by atoms with Crippen molar-refractivity contribution in [3.8, 4) is 0 Å². The van der Waals surface area contributed by atoms with E-state index in [1.54, 1.807) is 0 Å². The van der Waals surface area contributed by atoms with Crippen molar-refractivity contribution in [3.05, 3.63) is 0 Å². The van der Waals surface area contributed by atoms with E-state index in [0.29, 0.717) is 0 Å². The van der Waals surface area contributed by atoms with Crippen molar-refractivity contribution in [2.75, 3.05) is 0 Å². The molecule has 0 bridgehead atoms. The molecule has 0 aromatic heterocycles. The molecule has 5 nitrogen and oxygen atoms in total. The normalized spacial score (nSPS) is 12.2. The molecule has 0 radical (unpaired) electrons. The molecule has 5 N–H and O–H groups in total. The summed E-state index contributed by atoms with van der Waals surface area (Å²) < 4.78 is 4.11. The number of carbonyl (C=O) groups is 1. The van der Waals surface area contributed by atoms with Crippen LogP contribution in [0.15, 0.2) is 0 Å². The van der Waals surface area contributed by atoms with Gasteiger partial charge in [0.2, 0.25) is 5.90 Å². The smallest absolute Gasteiger partial charge is 0.394 e. The quantitative estimate of drug-likeness (QED) is 0.327. The average molecular weight is 131 g/mol. The van der Waals surface area contributed by atoms with Crippen LogP contribution in [0.25, 0.3) is 0 Å². The first kappa shape index (κ1) is 7.90. The fraction of sp³-hybridized carbons (Fsp3) is 0.500. The van der Waals surface area contributed by atoms with Gasteiger partial charge in [-0.1, -0.05) is 0 Å². The van der Waals surface area contributed by atoms with E-state index < -0.39 is 12.1 Å². The second-order valence-electron chi connectivity index (χ2n) is 1.57. The molecule has 1 amide bonds. The number of rotatable bonds is 1. The van der Waals surface area contributed by atoms with Crippen LogP contribution in [0.2, 0.25) is 0 Å². The lowest BCUT2D eigenvalue weighted by Gasteiger charge is -2.03. The first-order valence-corrected chi connectivity index (χ1v) is 2.35. The predicted molar refractivity (Wildman–Crippen MR) is 32.0 cm³/mol. The Morgan fingerprint density at radius 2 is 2.22 bits per heavy atom. The average Bonchev–Trinajstić information content (AvgIpc) is 1.63. The number of hydrogen-bond acceptors (Lipinski definition) is 4. The Hall–Kier alpha value is -1.10. The van der Waals surface area contributed by atoms with Crippen LogP contribution < -0.4 is 11.5 Å². The second kappa shape index (κ2) is 3.03. The van der Waals surface area contributed by atoms with Crippen molar-refractivity contribution in [2.24, 2.45) is 11.5 Å². The number of hydrogen-bond donors (Lipinski definition) is 3. The molecule has 0 unspecified atom stereocenters. The standard InChI is InChI=1S/C4H9N3O2/c1-2(5)3(6)9-4(7)8/h2,6H,5H2,1H3,(H2,7,8)/t2-/m1/s1. The minimum absolute atomic E-state index is 0.317. The zero-order chi connectivity index (χ0) is 7.44. The lowest BCUT2D eigenvalue weighted by Crippen LogP contribution is -2.31. The number of carbonyl (C=O) groups excluding carboxylic acids is 1. The molecule has 0 aromatic carbocycles. The van der Waals surface area contributed by atoms with Crippen LogP contribution in [0.1, 0.15) is 6.92 Å². The molecular weight excluding hydrogens is 122 g/mol. The van der Waals surface area contributed by atoms with Gasteiger partial charge in [0.1, 0.15) is 0 Å². The Bertz CT molecular complexity index is 132. The molecule has 0 heterocycles. The van der Waals surface area contributed by atoms with Crippen molar-refractivity contribution in [1.29, 1.82) is 5.41 Å². The van der Waals surface area contributed by atoms with Gasteiger partial charge < -0.3 is 16.2 Å². The van der Waals surface area contributed by atoms with Gasteiger partial charge >= 0.3 is 6.09 Å². The largest absolute Gasteiger partial charge is 0.411 e. The highest BCUT2D eigenvalue weighted by Gasteiger charge is 2.05. The number of amides is 1. The van der Waals surface area contributed by atoms with Gasteiger partial charge in [0.15, 0.2) is 0 Å². The summed E-state index contributed by atoms with van der Waals surface area (Å²) in [5.74, 6) is -0.317. The third kappa shape index (κ3) is 3.48. The third-order valence-corrected chi connectivity index (χ3v) is 0.624. The molecule has 0 aliphatic rings. The number of primary amides is 1. The van der Waals surface area contributed by atoms with E-state index in [4.69, 9.17) is 11.1 Å². The molecule has 0 spiro atoms. The van der Waals surface area contributed by atoms with Crippen LogP contribution in [0.4, 0.5) is 4.79 Å². The van der Waals surface area contributed by atoms with Crippen molar-refractivity contribution >= 4 is 12.0 Å². The van der Waals surface area contributed by atoms with Crippen LogP contribution in [0.5, 0.6) is 0 Å². The summed E-state index contributed by atoms with van der Waals surface area (Å²) in [5.41, 5.74) is 9.70. The maximum absolute atomic E-state index is 9.92. The highest BCUT2D eigenvalue weighted by molar-refractivity contribution is 5.88. The molecule has 0 saturated carbocycles. The first-order valence-electron chi connectivity index (χ1n) is 2.35. The van der Waals surface area contributed by atoms with Gasteiger partial charge in [-0.25, -0.2) is 4.79 Å². The zero-order valence-corrected chi connectivity index (χ0v) is 5.05. The lowest BCUT2D eigenvalue weighted by molar-refractivity contribution is 0.205. The van der Waals surface area contributed by atoms with Crippen LogP contribution >= 0.6 is 0 Å². The van der Waals surface area contributed by atoms with Crippen LogP contribution in [0.3, 0.4) is 0 Å². The Morgan fingerprint density at radius 1 is 1.78 bits per heavy atom. The van der Waals surface area contributed by atoms with Gasteiger partial charge in [0.25, 0.3) is 0 Å². The van der Waals surface area contributed by atoms with Gasteiger partial charge in [-0.3, -0.25) is 5.41 Å². The summed E-state index contributed by atoms with van der Waals surface area (Å²) in [6, 6.07) is -0.586. The number of ether oxygens (including phenoxy) is 1. The van der Waals surface area contributed by atoms with E-state index in [1.165, 1.54) is 6.92 Å². The lowest BCUT2D eigenvalue weighted by atomic mass is 10.4. The minimum Gasteiger partial charge on any atom is -0.394 e. The summed E-state index contributed by atoms with van der Waals surface area (Å²) in [5, 5.41) is 6.83. The molecule has 0 saturated heterocycles. The monoisotopic (exact) mass is 131 g/mol. The van der Waals surface area contributed by atoms with Crippen molar-refractivity contribution in [2.45, 2.75) is 13.0 Å². The highest BCUT2D eigenvalue weighted by Crippen LogP contribution is 1.82. The fourth-order valence-corrected chi connectivity index (χ4v) is 0.201. The summed E-state index contributed by atoms with van der Waals surface area (Å²) in [6.07, 6.45) is -1.00. The molecule has 0 aromatic rings. The first-order chi connectivity index (χ1) is 4.04. The predicted octanol–water partition coefficient (Wildman–Crippen LogP) is -0.594. The van der Waals surface area contributed by atoms with Gasteiger partial charge in [0, 0.05) is 0 Å². The fourth-order valence-electron chi connectivity index (χ4n) is 0.201. The third-order valence-electron chi connectivity index (χ3n) is 0.624. The molecule has 5 heteroatoms. The van der Waals surface area contributed by atoms with Crippen molar-refractivity contribution in [3.63, 3.8) is 0 Å². The Morgan fingerprint density at radius 3 is 2.33 bits per heavy atom. The van der Waals surface area contributed by atoms with Gasteiger partial charge in [-0.15, -0.1) is 0 Å². The van der Waals surface area contributed by atoms with Gasteiger partial charge in [-0.05, 0) is 6.92 Å². The number of nitrogens with two attached hydrogens (primary N) is 2. The van der Waals surface area contributed by atoms with E-state index in [-0.39, 0.29) is 5.90 Å². The summed E-state index contributed by atoms with van der Waals surface area (Å²) >= 11 is 0. The highest BCUT2D eigenvalue weighted by atomic mass is 16.6. The molecule has 0 fully saturated rings. The summed E-state index contributed by atoms with van der Waals surface area (Å²) in [6.45, 7) is 1.52. The molecular formula is C4H9N3O2. The minimum atomic E-state index is -1.00. The second-order valence-corrected chi connectivity index (χ2v) is 1.57. The molecule has 0 rings (SSSR count). The van der Waals surface area contributed by atoms with Gasteiger partial charge in [0.05, 0.1) is 6.04 Å². The SMILES string of the molecule is C[C@@H](N)C(=N)OC(N)=O. The van der Waals surface area contributed by atoms with E-state index >= 15 is 0 Å². The van der Waals surface area contributed by atoms with Crippen LogP contribution in [-0.2, 0) is 4.74 Å². The Labute approximate surface area is 52.5 Å². The van der Waals surface area contributed by atoms with E-state index in [0.717, 1.165) is 0 Å². The topological polar surface area (TPSA) is 102 Å². The van der Waals surface area contributed by atoms with E-state index in [9.17, 15) is 4.79 Å². The van der Waals surface area contributed by atoms with Crippen molar-refractivity contribution in [1.82, 2.24) is 0 Å². The molecule has 1 atom stereocenters. The number of nitrogens with one attached hydrogen (secondary N) is 1. The molecule has 52 valence electrons. The molecule has 0 aliphatic heterocycles. The zero-order valence-electron chi connectivity index (χ0n) is 5.05. The van der Waals surface area contributed by atoms with E-state index in [2.05, 4.69) is 10.5 Å². The van der Waals surface area contributed by atoms with Crippen molar-refractivity contribution < 1.29 is 9.53 Å². The Balaban J connectivity index is 3.64.